The SMILES string of the molecule is CC(C)(C)OC(=O)N1CCCC1Oc1cnccn1. The highest BCUT2D eigenvalue weighted by atomic mass is 16.6. The first kappa shape index (κ1) is 13.6. The molecule has 0 radical (unpaired) electrons. The summed E-state index contributed by atoms with van der Waals surface area (Å²) in [4.78, 5) is 21.6. The van der Waals surface area contributed by atoms with E-state index in [0.717, 1.165) is 12.8 Å². The van der Waals surface area contributed by atoms with Crippen LogP contribution in [0.3, 0.4) is 0 Å². The number of likely N-dealkylation sites (tertiary alicyclic amines) is 1. The summed E-state index contributed by atoms with van der Waals surface area (Å²) in [6, 6.07) is 0. The van der Waals surface area contributed by atoms with E-state index < -0.39 is 5.60 Å². The summed E-state index contributed by atoms with van der Waals surface area (Å²) in [5.41, 5.74) is -0.503. The second-order valence-electron chi connectivity index (χ2n) is 5.43. The Bertz CT molecular complexity index is 431. The zero-order chi connectivity index (χ0) is 13.9. The van der Waals surface area contributed by atoms with Gasteiger partial charge >= 0.3 is 6.09 Å². The molecule has 1 unspecified atom stereocenters. The van der Waals surface area contributed by atoms with Gasteiger partial charge in [-0.15, -0.1) is 0 Å². The minimum atomic E-state index is -0.503. The van der Waals surface area contributed by atoms with Gasteiger partial charge in [0, 0.05) is 25.4 Å². The highest BCUT2D eigenvalue weighted by Crippen LogP contribution is 2.22. The van der Waals surface area contributed by atoms with Gasteiger partial charge in [-0.25, -0.2) is 9.78 Å². The molecule has 6 heteroatoms. The van der Waals surface area contributed by atoms with Crippen LogP contribution < -0.4 is 4.74 Å². The Kier molecular flexibility index (Phi) is 3.87. The molecule has 1 atom stereocenters. The Balaban J connectivity index is 1.99. The van der Waals surface area contributed by atoms with E-state index in [1.807, 2.05) is 20.8 Å². The number of carbonyl (C=O) groups is 1. The molecule has 1 saturated heterocycles. The predicted molar refractivity (Wildman–Crippen MR) is 68.6 cm³/mol. The van der Waals surface area contributed by atoms with Crippen molar-refractivity contribution in [2.75, 3.05) is 6.54 Å². The molecule has 1 amide bonds. The molecule has 1 aliphatic rings. The van der Waals surface area contributed by atoms with E-state index in [2.05, 4.69) is 9.97 Å². The zero-order valence-corrected chi connectivity index (χ0v) is 11.5. The molecule has 19 heavy (non-hydrogen) atoms. The fourth-order valence-corrected chi connectivity index (χ4v) is 1.87. The molecule has 2 rings (SSSR count). The average Bonchev–Trinajstić information content (AvgIpc) is 2.76. The Morgan fingerprint density at radius 2 is 2.21 bits per heavy atom. The maximum Gasteiger partial charge on any atom is 0.413 e. The van der Waals surface area contributed by atoms with E-state index in [4.69, 9.17) is 9.47 Å². The summed E-state index contributed by atoms with van der Waals surface area (Å²) >= 11 is 0. The summed E-state index contributed by atoms with van der Waals surface area (Å²) in [7, 11) is 0. The van der Waals surface area contributed by atoms with E-state index in [9.17, 15) is 4.79 Å². The number of amides is 1. The molecule has 104 valence electrons. The minimum absolute atomic E-state index is 0.327. The summed E-state index contributed by atoms with van der Waals surface area (Å²) < 4.78 is 11.0. The second-order valence-corrected chi connectivity index (χ2v) is 5.43. The van der Waals surface area contributed by atoms with Crippen molar-refractivity contribution in [3.8, 4) is 5.88 Å². The van der Waals surface area contributed by atoms with Crippen LogP contribution in [0.15, 0.2) is 18.6 Å². The van der Waals surface area contributed by atoms with Crippen LogP contribution in [0.5, 0.6) is 5.88 Å². The lowest BCUT2D eigenvalue weighted by Crippen LogP contribution is -2.42. The first-order valence-corrected chi connectivity index (χ1v) is 6.38. The number of rotatable bonds is 2. The van der Waals surface area contributed by atoms with Gasteiger partial charge < -0.3 is 9.47 Å². The molecule has 0 spiro atoms. The van der Waals surface area contributed by atoms with Crippen molar-refractivity contribution in [2.24, 2.45) is 0 Å². The number of nitrogens with zero attached hydrogens (tertiary/aromatic N) is 3. The Morgan fingerprint density at radius 1 is 1.42 bits per heavy atom. The predicted octanol–water partition coefficient (Wildman–Crippen LogP) is 2.21. The van der Waals surface area contributed by atoms with Gasteiger partial charge in [-0.2, -0.15) is 0 Å². The Morgan fingerprint density at radius 3 is 2.84 bits per heavy atom. The van der Waals surface area contributed by atoms with Crippen LogP contribution in [0.25, 0.3) is 0 Å². The summed E-state index contributed by atoms with van der Waals surface area (Å²) in [5, 5.41) is 0. The van der Waals surface area contributed by atoms with Gasteiger partial charge in [-0.05, 0) is 27.2 Å². The van der Waals surface area contributed by atoms with Crippen LogP contribution in [0, 0.1) is 0 Å². The highest BCUT2D eigenvalue weighted by Gasteiger charge is 2.33. The van der Waals surface area contributed by atoms with E-state index in [0.29, 0.717) is 12.4 Å². The quantitative estimate of drug-likeness (QED) is 0.820. The lowest BCUT2D eigenvalue weighted by Gasteiger charge is -2.28. The Labute approximate surface area is 112 Å². The normalized spacial score (nSPS) is 19.3. The van der Waals surface area contributed by atoms with Gasteiger partial charge in [0.25, 0.3) is 0 Å². The monoisotopic (exact) mass is 265 g/mol. The zero-order valence-electron chi connectivity index (χ0n) is 11.5. The van der Waals surface area contributed by atoms with Gasteiger partial charge in [-0.3, -0.25) is 9.88 Å². The molecule has 2 heterocycles. The van der Waals surface area contributed by atoms with Crippen molar-refractivity contribution >= 4 is 6.09 Å². The molecule has 1 aromatic rings. The molecule has 0 aromatic carbocycles. The first-order chi connectivity index (χ1) is 8.96. The average molecular weight is 265 g/mol. The van der Waals surface area contributed by atoms with Crippen molar-refractivity contribution in [3.63, 3.8) is 0 Å². The smallest absolute Gasteiger partial charge is 0.413 e. The molecule has 0 aliphatic carbocycles. The molecular formula is C13H19N3O3. The summed E-state index contributed by atoms with van der Waals surface area (Å²) in [6.45, 7) is 6.18. The van der Waals surface area contributed by atoms with Crippen molar-refractivity contribution in [2.45, 2.75) is 45.4 Å². The van der Waals surface area contributed by atoms with Gasteiger partial charge in [0.15, 0.2) is 6.23 Å². The lowest BCUT2D eigenvalue weighted by molar-refractivity contribution is -0.00624. The Hall–Kier alpha value is -1.85. The number of hydrogen-bond donors (Lipinski definition) is 0. The third kappa shape index (κ3) is 3.81. The van der Waals surface area contributed by atoms with Gasteiger partial charge in [0.05, 0.1) is 6.20 Å². The molecule has 0 saturated carbocycles. The lowest BCUT2D eigenvalue weighted by atomic mass is 10.2. The number of ether oxygens (including phenoxy) is 2. The van der Waals surface area contributed by atoms with Crippen molar-refractivity contribution in [3.05, 3.63) is 18.6 Å². The standard InChI is InChI=1S/C13H19N3O3/c1-13(2,3)19-12(17)16-8-4-5-11(16)18-10-9-14-6-7-15-10/h6-7,9,11H,4-5,8H2,1-3H3. The van der Waals surface area contributed by atoms with Crippen LogP contribution in [0.2, 0.25) is 0 Å². The van der Waals surface area contributed by atoms with E-state index in [-0.39, 0.29) is 12.3 Å². The topological polar surface area (TPSA) is 64.5 Å². The third-order valence-corrected chi connectivity index (χ3v) is 2.62. The number of hydrogen-bond acceptors (Lipinski definition) is 5. The molecule has 0 N–H and O–H groups in total. The van der Waals surface area contributed by atoms with Crippen LogP contribution in [0.4, 0.5) is 4.79 Å². The van der Waals surface area contributed by atoms with Crippen molar-refractivity contribution in [1.29, 1.82) is 0 Å². The molecule has 6 nitrogen and oxygen atoms in total. The van der Waals surface area contributed by atoms with Crippen molar-refractivity contribution in [1.82, 2.24) is 14.9 Å². The van der Waals surface area contributed by atoms with Crippen LogP contribution >= 0.6 is 0 Å². The number of aromatic nitrogens is 2. The van der Waals surface area contributed by atoms with E-state index in [1.165, 1.54) is 6.20 Å². The molecule has 1 aromatic heterocycles. The number of carbonyl (C=O) groups excluding carboxylic acids is 1. The largest absolute Gasteiger partial charge is 0.452 e. The van der Waals surface area contributed by atoms with Crippen LogP contribution in [-0.4, -0.2) is 39.3 Å². The van der Waals surface area contributed by atoms with Crippen LogP contribution in [-0.2, 0) is 4.74 Å². The summed E-state index contributed by atoms with van der Waals surface area (Å²) in [5.74, 6) is 0.419. The van der Waals surface area contributed by atoms with Crippen molar-refractivity contribution < 1.29 is 14.3 Å². The minimum Gasteiger partial charge on any atom is -0.452 e. The molecular weight excluding hydrogens is 246 g/mol. The maximum atomic E-state index is 12.0. The molecule has 0 bridgehead atoms. The third-order valence-electron chi connectivity index (χ3n) is 2.62. The van der Waals surface area contributed by atoms with Crippen LogP contribution in [0.1, 0.15) is 33.6 Å². The summed E-state index contributed by atoms with van der Waals surface area (Å²) in [6.07, 6.45) is 5.66. The highest BCUT2D eigenvalue weighted by molar-refractivity contribution is 5.68. The molecule has 1 fully saturated rings. The fraction of sp³-hybridized carbons (Fsp3) is 0.615. The van der Waals surface area contributed by atoms with E-state index >= 15 is 0 Å². The van der Waals surface area contributed by atoms with E-state index in [1.54, 1.807) is 17.3 Å². The molecule has 1 aliphatic heterocycles. The second kappa shape index (κ2) is 5.42. The van der Waals surface area contributed by atoms with Gasteiger partial charge in [0.2, 0.25) is 5.88 Å². The van der Waals surface area contributed by atoms with Gasteiger partial charge in [0.1, 0.15) is 5.60 Å². The fourth-order valence-electron chi connectivity index (χ4n) is 1.87. The van der Waals surface area contributed by atoms with Gasteiger partial charge in [-0.1, -0.05) is 0 Å². The first-order valence-electron chi connectivity index (χ1n) is 6.38. The maximum absolute atomic E-state index is 12.0.